The van der Waals surface area contributed by atoms with Gasteiger partial charge >= 0.3 is 0 Å². The molecule has 5 saturated carbocycles. The van der Waals surface area contributed by atoms with Crippen molar-refractivity contribution < 1.29 is 14.6 Å². The van der Waals surface area contributed by atoms with Gasteiger partial charge in [-0.1, -0.05) is 0 Å². The van der Waals surface area contributed by atoms with E-state index in [1.54, 1.807) is 0 Å². The maximum Gasteiger partial charge on any atom is 0.255 e. The van der Waals surface area contributed by atoms with E-state index in [4.69, 9.17) is 9.72 Å². The summed E-state index contributed by atoms with van der Waals surface area (Å²) in [6.45, 7) is 2.60. The molecule has 1 aliphatic heterocycles. The second-order valence-corrected chi connectivity index (χ2v) is 11.6. The van der Waals surface area contributed by atoms with Gasteiger partial charge in [0.2, 0.25) is 0 Å². The maximum atomic E-state index is 13.4. The number of aliphatic hydroxyl groups is 1. The minimum atomic E-state index is -0.481. The number of nitrogens with one attached hydrogen (secondary N) is 1. The number of carbonyl (C=O) groups excluding carboxylic acids is 1. The highest BCUT2D eigenvalue weighted by atomic mass is 16.5. The van der Waals surface area contributed by atoms with Gasteiger partial charge in [-0.15, -0.1) is 0 Å². The molecular formula is C25H33N3O3. The first-order valence-electron chi connectivity index (χ1n) is 12.4. The lowest BCUT2D eigenvalue weighted by molar-refractivity contribution is -0.127. The molecule has 6 bridgehead atoms. The van der Waals surface area contributed by atoms with Crippen LogP contribution < -0.4 is 5.32 Å². The highest BCUT2D eigenvalue weighted by molar-refractivity contribution is 5.97. The number of anilines is 1. The number of hydrogen-bond donors (Lipinski definition) is 2. The Bertz CT molecular complexity index is 926. The summed E-state index contributed by atoms with van der Waals surface area (Å²) in [4.78, 5) is 20.2. The Balaban J connectivity index is 1.25. The number of fused-ring (bicyclic) bond motifs is 5. The van der Waals surface area contributed by atoms with E-state index in [9.17, 15) is 9.90 Å². The van der Waals surface area contributed by atoms with Crippen molar-refractivity contribution in [3.63, 3.8) is 0 Å². The molecule has 6 aliphatic carbocycles. The lowest BCUT2D eigenvalue weighted by atomic mass is 9.51. The zero-order chi connectivity index (χ0) is 20.8. The number of nitrogens with zero attached hydrogens (tertiary/aromatic N) is 2. The Hall–Kier alpha value is -1.66. The summed E-state index contributed by atoms with van der Waals surface area (Å²) in [5.41, 5.74) is 2.95. The van der Waals surface area contributed by atoms with E-state index in [-0.39, 0.29) is 11.4 Å². The summed E-state index contributed by atoms with van der Waals surface area (Å²) in [5, 5.41) is 15.1. The Kier molecular flexibility index (Phi) is 3.92. The van der Waals surface area contributed by atoms with Gasteiger partial charge in [-0.2, -0.15) is 0 Å². The molecule has 1 aromatic rings. The van der Waals surface area contributed by atoms with Gasteiger partial charge in [-0.05, 0) is 87.0 Å². The number of aromatic nitrogens is 1. The molecule has 1 aromatic heterocycles. The minimum Gasteiger partial charge on any atom is -0.390 e. The van der Waals surface area contributed by atoms with Crippen molar-refractivity contribution in [2.24, 2.45) is 11.8 Å². The highest BCUT2D eigenvalue weighted by Gasteiger charge is 2.57. The molecule has 7 aliphatic rings. The average molecular weight is 424 g/mol. The third-order valence-electron chi connectivity index (χ3n) is 9.35. The number of rotatable bonds is 3. The molecule has 6 fully saturated rings. The zero-order valence-electron chi connectivity index (χ0n) is 18.2. The van der Waals surface area contributed by atoms with Crippen LogP contribution in [0.1, 0.15) is 91.1 Å². The molecular weight excluding hydrogens is 390 g/mol. The van der Waals surface area contributed by atoms with Gasteiger partial charge in [0.25, 0.3) is 5.91 Å². The van der Waals surface area contributed by atoms with Crippen LogP contribution in [0.3, 0.4) is 0 Å². The largest absolute Gasteiger partial charge is 0.390 e. The Morgan fingerprint density at radius 1 is 1.06 bits per heavy atom. The molecule has 2 heterocycles. The standard InChI is InChI=1S/C25H33N3O3/c29-23(28-3-5-31-6-4-28)19-13-26-22(21-18-2-1-17(8-18)20(19)21)27-24-9-15-7-16(10-24)12-25(30,11-15)14-24/h13,15-18,30H,1-12,14H2,(H,26,27). The average Bonchev–Trinajstić information content (AvgIpc) is 3.35. The molecule has 8 rings (SSSR count). The molecule has 4 atom stereocenters. The van der Waals surface area contributed by atoms with Crippen LogP contribution in [0, 0.1) is 11.8 Å². The number of carbonyl (C=O) groups is 1. The molecule has 0 spiro atoms. The van der Waals surface area contributed by atoms with Crippen molar-refractivity contribution in [1.29, 1.82) is 0 Å². The summed E-state index contributed by atoms with van der Waals surface area (Å²) >= 11 is 0. The zero-order valence-corrected chi connectivity index (χ0v) is 18.2. The number of amides is 1. The van der Waals surface area contributed by atoms with E-state index in [2.05, 4.69) is 5.32 Å². The van der Waals surface area contributed by atoms with Gasteiger partial charge in [-0.25, -0.2) is 4.98 Å². The van der Waals surface area contributed by atoms with E-state index < -0.39 is 5.60 Å². The first-order valence-corrected chi connectivity index (χ1v) is 12.4. The second kappa shape index (κ2) is 6.44. The smallest absolute Gasteiger partial charge is 0.255 e. The first-order chi connectivity index (χ1) is 15.0. The fourth-order valence-corrected chi connectivity index (χ4v) is 8.72. The topological polar surface area (TPSA) is 74.7 Å². The highest BCUT2D eigenvalue weighted by Crippen LogP contribution is 2.60. The Labute approximate surface area is 183 Å². The summed E-state index contributed by atoms with van der Waals surface area (Å²) in [6, 6.07) is 0. The van der Waals surface area contributed by atoms with Crippen molar-refractivity contribution in [1.82, 2.24) is 9.88 Å². The normalized spacial score (nSPS) is 42.2. The lowest BCUT2D eigenvalue weighted by Crippen LogP contribution is -2.62. The predicted molar refractivity (Wildman–Crippen MR) is 116 cm³/mol. The third-order valence-corrected chi connectivity index (χ3v) is 9.35. The van der Waals surface area contributed by atoms with Gasteiger partial charge < -0.3 is 20.1 Å². The van der Waals surface area contributed by atoms with Crippen LogP contribution in [-0.2, 0) is 4.74 Å². The second-order valence-electron chi connectivity index (χ2n) is 11.6. The molecule has 6 heteroatoms. The van der Waals surface area contributed by atoms with E-state index in [0.29, 0.717) is 50.0 Å². The van der Waals surface area contributed by atoms with Crippen LogP contribution in [-0.4, -0.2) is 58.3 Å². The molecule has 166 valence electrons. The summed E-state index contributed by atoms with van der Waals surface area (Å²) in [5.74, 6) is 3.48. The predicted octanol–water partition coefficient (Wildman–Crippen LogP) is 3.41. The molecule has 4 unspecified atom stereocenters. The molecule has 31 heavy (non-hydrogen) atoms. The molecule has 1 saturated heterocycles. The molecule has 0 aromatic carbocycles. The number of hydrogen-bond acceptors (Lipinski definition) is 5. The van der Waals surface area contributed by atoms with Gasteiger partial charge in [0.1, 0.15) is 5.82 Å². The van der Waals surface area contributed by atoms with Crippen LogP contribution in [0.2, 0.25) is 0 Å². The van der Waals surface area contributed by atoms with Crippen LogP contribution in [0.4, 0.5) is 5.82 Å². The van der Waals surface area contributed by atoms with E-state index in [1.165, 1.54) is 36.8 Å². The molecule has 6 nitrogen and oxygen atoms in total. The summed E-state index contributed by atoms with van der Waals surface area (Å²) in [6.07, 6.45) is 11.9. The quantitative estimate of drug-likeness (QED) is 0.779. The molecule has 0 radical (unpaired) electrons. The van der Waals surface area contributed by atoms with Crippen LogP contribution in [0.5, 0.6) is 0 Å². The number of morpholine rings is 1. The Morgan fingerprint density at radius 2 is 1.77 bits per heavy atom. The number of ether oxygens (including phenoxy) is 1. The van der Waals surface area contributed by atoms with Crippen molar-refractivity contribution in [3.05, 3.63) is 22.9 Å². The van der Waals surface area contributed by atoms with Gasteiger partial charge in [0, 0.05) is 30.4 Å². The van der Waals surface area contributed by atoms with E-state index in [1.807, 2.05) is 11.1 Å². The van der Waals surface area contributed by atoms with E-state index >= 15 is 0 Å². The van der Waals surface area contributed by atoms with Gasteiger partial charge in [0.15, 0.2) is 0 Å². The SMILES string of the molecule is O=C(c1cnc(NC23CC4CC(CC(O)(C4)C2)C3)c2c1C1CCC2C1)N1CCOCC1. The van der Waals surface area contributed by atoms with Crippen molar-refractivity contribution >= 4 is 11.7 Å². The monoisotopic (exact) mass is 423 g/mol. The van der Waals surface area contributed by atoms with Crippen LogP contribution >= 0.6 is 0 Å². The third kappa shape index (κ3) is 2.83. The van der Waals surface area contributed by atoms with Crippen molar-refractivity contribution in [2.45, 2.75) is 80.8 Å². The van der Waals surface area contributed by atoms with Gasteiger partial charge in [0.05, 0.1) is 24.4 Å². The first kappa shape index (κ1) is 18.9. The van der Waals surface area contributed by atoms with Gasteiger partial charge in [-0.3, -0.25) is 4.79 Å². The van der Waals surface area contributed by atoms with Crippen molar-refractivity contribution in [2.75, 3.05) is 31.6 Å². The Morgan fingerprint density at radius 3 is 2.48 bits per heavy atom. The summed E-state index contributed by atoms with van der Waals surface area (Å²) < 4.78 is 5.45. The molecule has 2 N–H and O–H groups in total. The van der Waals surface area contributed by atoms with Crippen LogP contribution in [0.25, 0.3) is 0 Å². The van der Waals surface area contributed by atoms with Crippen LogP contribution in [0.15, 0.2) is 6.20 Å². The van der Waals surface area contributed by atoms with E-state index in [0.717, 1.165) is 43.5 Å². The number of pyridine rings is 1. The lowest BCUT2D eigenvalue weighted by Gasteiger charge is -2.60. The summed E-state index contributed by atoms with van der Waals surface area (Å²) in [7, 11) is 0. The fourth-order valence-electron chi connectivity index (χ4n) is 8.72. The van der Waals surface area contributed by atoms with Crippen molar-refractivity contribution in [3.8, 4) is 0 Å². The fraction of sp³-hybridized carbons (Fsp3) is 0.760. The maximum absolute atomic E-state index is 13.4. The minimum absolute atomic E-state index is 0.0167. The molecule has 1 amide bonds.